The Kier molecular flexibility index (Phi) is 8.83. The maximum absolute atomic E-state index is 6.57. The van der Waals surface area contributed by atoms with Crippen molar-refractivity contribution >= 4 is 60.9 Å². The van der Waals surface area contributed by atoms with E-state index in [1.165, 1.54) is 33.4 Å². The number of anilines is 3. The van der Waals surface area contributed by atoms with Crippen LogP contribution in [0.15, 0.2) is 245 Å². The van der Waals surface area contributed by atoms with Gasteiger partial charge in [-0.3, -0.25) is 0 Å². The van der Waals surface area contributed by atoms with Crippen molar-refractivity contribution in [2.45, 2.75) is 0 Å². The Bertz CT molecular complexity index is 3440. The molecule has 12 rings (SSSR count). The largest absolute Gasteiger partial charge is 0.456 e. The van der Waals surface area contributed by atoms with E-state index in [4.69, 9.17) is 8.83 Å². The fourth-order valence-corrected chi connectivity index (χ4v) is 9.16. The SMILES string of the molecule is c1ccc(-c2ccc(-c3ccc(N(c4ccc(-c5ccc(-c6ccccc6)cc5)cc4)c4cccc(-c5cccc6oc7ccc8c9ccccc9oc8c7c56)c4)cc3)cc2)cc1. The van der Waals surface area contributed by atoms with Gasteiger partial charge in [-0.05, 0) is 116 Å². The molecular weight excluding hydrogens is 767 g/mol. The Balaban J connectivity index is 0.950. The second-order valence-corrected chi connectivity index (χ2v) is 16.1. The lowest BCUT2D eigenvalue weighted by molar-refractivity contribution is 0.663. The molecule has 0 bridgehead atoms. The van der Waals surface area contributed by atoms with E-state index >= 15 is 0 Å². The number of hydrogen-bond acceptors (Lipinski definition) is 3. The molecule has 0 unspecified atom stereocenters. The normalized spacial score (nSPS) is 11.5. The van der Waals surface area contributed by atoms with Crippen LogP contribution < -0.4 is 4.90 Å². The molecule has 0 saturated heterocycles. The van der Waals surface area contributed by atoms with Gasteiger partial charge in [-0.2, -0.15) is 0 Å². The van der Waals surface area contributed by atoms with E-state index in [0.29, 0.717) is 0 Å². The third kappa shape index (κ3) is 6.55. The minimum atomic E-state index is 0.811. The van der Waals surface area contributed by atoms with Crippen molar-refractivity contribution in [1.82, 2.24) is 0 Å². The molecule has 0 spiro atoms. The molecule has 63 heavy (non-hydrogen) atoms. The van der Waals surface area contributed by atoms with E-state index in [-0.39, 0.29) is 0 Å². The smallest absolute Gasteiger partial charge is 0.147 e. The van der Waals surface area contributed by atoms with Crippen molar-refractivity contribution in [1.29, 1.82) is 0 Å². The minimum Gasteiger partial charge on any atom is -0.456 e. The number of nitrogens with zero attached hydrogens (tertiary/aromatic N) is 1. The topological polar surface area (TPSA) is 29.5 Å². The highest BCUT2D eigenvalue weighted by Crippen LogP contribution is 2.44. The van der Waals surface area contributed by atoms with E-state index < -0.39 is 0 Å². The van der Waals surface area contributed by atoms with Crippen LogP contribution in [0.5, 0.6) is 0 Å². The van der Waals surface area contributed by atoms with Crippen LogP contribution in [-0.4, -0.2) is 0 Å². The Morgan fingerprint density at radius 1 is 0.254 bits per heavy atom. The molecule has 0 N–H and O–H groups in total. The molecule has 0 amide bonds. The summed E-state index contributed by atoms with van der Waals surface area (Å²) in [4.78, 5) is 2.35. The molecule has 12 aromatic rings. The van der Waals surface area contributed by atoms with Gasteiger partial charge in [0.15, 0.2) is 0 Å². The third-order valence-corrected chi connectivity index (χ3v) is 12.3. The molecule has 0 aliphatic rings. The Hall–Kier alpha value is -8.40. The lowest BCUT2D eigenvalue weighted by atomic mass is 9.97. The molecule has 2 heterocycles. The van der Waals surface area contributed by atoms with Crippen LogP contribution in [0.1, 0.15) is 0 Å². The van der Waals surface area contributed by atoms with Crippen molar-refractivity contribution in [3.8, 4) is 55.6 Å². The molecule has 0 saturated carbocycles. The van der Waals surface area contributed by atoms with E-state index in [2.05, 4.69) is 229 Å². The molecule has 3 heteroatoms. The van der Waals surface area contributed by atoms with E-state index in [1.807, 2.05) is 12.1 Å². The van der Waals surface area contributed by atoms with Gasteiger partial charge in [-0.25, -0.2) is 0 Å². The highest BCUT2D eigenvalue weighted by Gasteiger charge is 2.20. The number of rotatable bonds is 8. The summed E-state index contributed by atoms with van der Waals surface area (Å²) in [7, 11) is 0. The lowest BCUT2D eigenvalue weighted by Gasteiger charge is -2.26. The van der Waals surface area contributed by atoms with Crippen LogP contribution in [0.3, 0.4) is 0 Å². The van der Waals surface area contributed by atoms with Gasteiger partial charge in [0.25, 0.3) is 0 Å². The van der Waals surface area contributed by atoms with Gasteiger partial charge in [-0.1, -0.05) is 176 Å². The summed E-state index contributed by atoms with van der Waals surface area (Å²) in [6.07, 6.45) is 0. The fraction of sp³-hybridized carbons (Fsp3) is 0. The first kappa shape index (κ1) is 36.5. The van der Waals surface area contributed by atoms with Gasteiger partial charge in [-0.15, -0.1) is 0 Å². The zero-order chi connectivity index (χ0) is 41.7. The van der Waals surface area contributed by atoms with Crippen molar-refractivity contribution in [3.63, 3.8) is 0 Å². The third-order valence-electron chi connectivity index (χ3n) is 12.3. The molecule has 0 fully saturated rings. The first-order valence-corrected chi connectivity index (χ1v) is 21.4. The number of hydrogen-bond donors (Lipinski definition) is 0. The molecular formula is C60H39NO2. The van der Waals surface area contributed by atoms with Gasteiger partial charge in [0, 0.05) is 33.2 Å². The van der Waals surface area contributed by atoms with Crippen LogP contribution in [0, 0.1) is 0 Å². The average molecular weight is 806 g/mol. The molecule has 0 aliphatic heterocycles. The summed E-state index contributed by atoms with van der Waals surface area (Å²) in [5.41, 5.74) is 18.2. The van der Waals surface area contributed by atoms with Crippen molar-refractivity contribution < 1.29 is 8.83 Å². The monoisotopic (exact) mass is 805 g/mol. The lowest BCUT2D eigenvalue weighted by Crippen LogP contribution is -2.10. The maximum Gasteiger partial charge on any atom is 0.147 e. The van der Waals surface area contributed by atoms with Gasteiger partial charge < -0.3 is 13.7 Å². The predicted octanol–water partition coefficient (Wildman–Crippen LogP) is 17.3. The van der Waals surface area contributed by atoms with Crippen molar-refractivity contribution in [3.05, 3.63) is 237 Å². The van der Waals surface area contributed by atoms with Crippen molar-refractivity contribution in [2.75, 3.05) is 4.90 Å². The Morgan fingerprint density at radius 3 is 1.27 bits per heavy atom. The van der Waals surface area contributed by atoms with E-state index in [1.54, 1.807) is 0 Å². The second-order valence-electron chi connectivity index (χ2n) is 16.1. The van der Waals surface area contributed by atoms with Crippen LogP contribution >= 0.6 is 0 Å². The first-order valence-electron chi connectivity index (χ1n) is 21.4. The van der Waals surface area contributed by atoms with Gasteiger partial charge in [0.05, 0.1) is 5.39 Å². The van der Waals surface area contributed by atoms with Crippen LogP contribution in [0.25, 0.3) is 99.5 Å². The van der Waals surface area contributed by atoms with Crippen LogP contribution in [0.2, 0.25) is 0 Å². The van der Waals surface area contributed by atoms with E-state index in [9.17, 15) is 0 Å². The molecule has 296 valence electrons. The number of fused-ring (bicyclic) bond motifs is 7. The molecule has 10 aromatic carbocycles. The van der Waals surface area contributed by atoms with Crippen LogP contribution in [0.4, 0.5) is 17.1 Å². The van der Waals surface area contributed by atoms with E-state index in [0.717, 1.165) is 83.2 Å². The van der Waals surface area contributed by atoms with Gasteiger partial charge in [0.1, 0.15) is 22.3 Å². The van der Waals surface area contributed by atoms with Crippen LogP contribution in [-0.2, 0) is 0 Å². The van der Waals surface area contributed by atoms with Gasteiger partial charge >= 0.3 is 0 Å². The summed E-state index contributed by atoms with van der Waals surface area (Å²) in [5.74, 6) is 0. The summed E-state index contributed by atoms with van der Waals surface area (Å²) < 4.78 is 13.1. The fourth-order valence-electron chi connectivity index (χ4n) is 9.16. The maximum atomic E-state index is 6.57. The zero-order valence-corrected chi connectivity index (χ0v) is 34.3. The Morgan fingerprint density at radius 2 is 0.698 bits per heavy atom. The zero-order valence-electron chi connectivity index (χ0n) is 34.3. The second kappa shape index (κ2) is 15.3. The summed E-state index contributed by atoms with van der Waals surface area (Å²) in [6.45, 7) is 0. The quantitative estimate of drug-likeness (QED) is 0.153. The number of furan rings is 2. The number of para-hydroxylation sites is 1. The Labute approximate surface area is 365 Å². The van der Waals surface area contributed by atoms with Crippen molar-refractivity contribution in [2.24, 2.45) is 0 Å². The molecule has 0 radical (unpaired) electrons. The minimum absolute atomic E-state index is 0.811. The number of benzene rings is 10. The molecule has 3 nitrogen and oxygen atoms in total. The molecule has 0 atom stereocenters. The van der Waals surface area contributed by atoms with Gasteiger partial charge in [0.2, 0.25) is 0 Å². The predicted molar refractivity (Wildman–Crippen MR) is 263 cm³/mol. The highest BCUT2D eigenvalue weighted by molar-refractivity contribution is 6.24. The first-order chi connectivity index (χ1) is 31.2. The highest BCUT2D eigenvalue weighted by atomic mass is 16.3. The summed E-state index contributed by atoms with van der Waals surface area (Å²) in [6, 6.07) is 84.1. The average Bonchev–Trinajstić information content (AvgIpc) is 3.94. The summed E-state index contributed by atoms with van der Waals surface area (Å²) in [5, 5.41) is 4.23. The standard InChI is InChI=1S/C60H39NO2/c1-3-11-40(12-4-1)42-21-25-44(26-22-42)46-29-33-49(34-30-46)61(50-35-31-47(32-36-50)45-27-23-43(24-28-45)41-13-5-2-6-14-41)51-16-9-15-48(39-51)52-18-10-20-56-58(52)59-57(62-56)38-37-54-53-17-7-8-19-55(53)63-60(54)59/h1-39H. The molecule has 2 aromatic heterocycles. The molecule has 0 aliphatic carbocycles. The summed E-state index contributed by atoms with van der Waals surface area (Å²) >= 11 is 0.